The van der Waals surface area contributed by atoms with Crippen LogP contribution in [-0.2, 0) is 20.0 Å². The minimum absolute atomic E-state index is 0.511. The van der Waals surface area contributed by atoms with Gasteiger partial charge in [0.15, 0.2) is 0 Å². The van der Waals surface area contributed by atoms with Crippen molar-refractivity contribution in [3.63, 3.8) is 0 Å². The standard InChI is InChI=1S/C13H15N3O/c1-16-11(8-14)7-12(15-16)9-2-3-13-10(6-9)4-5-17-13/h2-3,6-7H,4-5,8,14H2,1H3. The number of benzene rings is 1. The highest BCUT2D eigenvalue weighted by Crippen LogP contribution is 2.30. The van der Waals surface area contributed by atoms with Crippen LogP contribution in [0.1, 0.15) is 11.3 Å². The van der Waals surface area contributed by atoms with E-state index in [0.29, 0.717) is 6.54 Å². The van der Waals surface area contributed by atoms with Gasteiger partial charge in [-0.15, -0.1) is 0 Å². The molecule has 1 aromatic heterocycles. The first-order valence-corrected chi connectivity index (χ1v) is 5.77. The summed E-state index contributed by atoms with van der Waals surface area (Å²) in [5.74, 6) is 1.00. The Morgan fingerprint density at radius 3 is 3.06 bits per heavy atom. The topological polar surface area (TPSA) is 53.1 Å². The number of hydrogen-bond acceptors (Lipinski definition) is 3. The zero-order valence-electron chi connectivity index (χ0n) is 9.81. The van der Waals surface area contributed by atoms with Crippen LogP contribution in [0.3, 0.4) is 0 Å². The number of nitrogens with two attached hydrogens (primary N) is 1. The first kappa shape index (κ1) is 10.4. The van der Waals surface area contributed by atoms with Gasteiger partial charge in [-0.1, -0.05) is 0 Å². The van der Waals surface area contributed by atoms with Gasteiger partial charge in [-0.05, 0) is 29.8 Å². The summed E-state index contributed by atoms with van der Waals surface area (Å²) in [4.78, 5) is 0. The third kappa shape index (κ3) is 1.70. The molecule has 0 bridgehead atoms. The summed E-state index contributed by atoms with van der Waals surface area (Å²) in [7, 11) is 1.92. The SMILES string of the molecule is Cn1nc(-c2ccc3c(c2)CCO3)cc1CN. The van der Waals surface area contributed by atoms with Crippen molar-refractivity contribution < 1.29 is 4.74 Å². The maximum absolute atomic E-state index is 5.65. The van der Waals surface area contributed by atoms with Crippen molar-refractivity contribution in [1.29, 1.82) is 0 Å². The second kappa shape index (κ2) is 3.89. The van der Waals surface area contributed by atoms with Gasteiger partial charge in [-0.3, -0.25) is 4.68 Å². The minimum Gasteiger partial charge on any atom is -0.493 e. The van der Waals surface area contributed by atoms with Crippen molar-refractivity contribution >= 4 is 0 Å². The van der Waals surface area contributed by atoms with Gasteiger partial charge in [0.25, 0.3) is 0 Å². The van der Waals surface area contributed by atoms with E-state index >= 15 is 0 Å². The maximum atomic E-state index is 5.65. The fourth-order valence-electron chi connectivity index (χ4n) is 2.18. The van der Waals surface area contributed by atoms with Crippen LogP contribution in [0.15, 0.2) is 24.3 Å². The van der Waals surface area contributed by atoms with Crippen molar-refractivity contribution in [3.05, 3.63) is 35.5 Å². The summed E-state index contributed by atoms with van der Waals surface area (Å²) in [5.41, 5.74) is 10.1. The van der Waals surface area contributed by atoms with Gasteiger partial charge in [0.05, 0.1) is 18.0 Å². The fourth-order valence-corrected chi connectivity index (χ4v) is 2.18. The molecule has 1 aromatic carbocycles. The molecule has 2 N–H and O–H groups in total. The molecular formula is C13H15N3O. The first-order chi connectivity index (χ1) is 8.28. The summed E-state index contributed by atoms with van der Waals surface area (Å²) in [5, 5.41) is 4.47. The molecule has 0 saturated heterocycles. The predicted octanol–water partition coefficient (Wildman–Crippen LogP) is 1.48. The molecule has 2 heterocycles. The Kier molecular flexibility index (Phi) is 2.37. The van der Waals surface area contributed by atoms with Crippen molar-refractivity contribution in [2.45, 2.75) is 13.0 Å². The Morgan fingerprint density at radius 2 is 2.29 bits per heavy atom. The smallest absolute Gasteiger partial charge is 0.122 e. The highest BCUT2D eigenvalue weighted by molar-refractivity contribution is 5.63. The van der Waals surface area contributed by atoms with Crippen LogP contribution < -0.4 is 10.5 Å². The Bertz CT molecular complexity index is 560. The largest absolute Gasteiger partial charge is 0.493 e. The number of aryl methyl sites for hydroxylation is 1. The van der Waals surface area contributed by atoms with E-state index in [4.69, 9.17) is 10.5 Å². The van der Waals surface area contributed by atoms with Crippen molar-refractivity contribution in [1.82, 2.24) is 9.78 Å². The molecule has 17 heavy (non-hydrogen) atoms. The van der Waals surface area contributed by atoms with E-state index in [2.05, 4.69) is 11.2 Å². The quantitative estimate of drug-likeness (QED) is 0.848. The fraction of sp³-hybridized carbons (Fsp3) is 0.308. The molecule has 0 fully saturated rings. The monoisotopic (exact) mass is 229 g/mol. The van der Waals surface area contributed by atoms with Gasteiger partial charge in [-0.2, -0.15) is 5.10 Å². The summed E-state index contributed by atoms with van der Waals surface area (Å²) in [6.07, 6.45) is 0.986. The molecule has 2 aromatic rings. The molecule has 0 radical (unpaired) electrons. The summed E-state index contributed by atoms with van der Waals surface area (Å²) in [6.45, 7) is 1.30. The lowest BCUT2D eigenvalue weighted by Crippen LogP contribution is -2.03. The van der Waals surface area contributed by atoms with Crippen LogP contribution in [-0.4, -0.2) is 16.4 Å². The average molecular weight is 229 g/mol. The molecule has 0 atom stereocenters. The second-order valence-corrected chi connectivity index (χ2v) is 4.27. The van der Waals surface area contributed by atoms with Crippen LogP contribution in [0.25, 0.3) is 11.3 Å². The Labute approximate surface area is 100 Å². The highest BCUT2D eigenvalue weighted by atomic mass is 16.5. The molecule has 0 spiro atoms. The van der Waals surface area contributed by atoms with Gasteiger partial charge < -0.3 is 10.5 Å². The molecule has 1 aliphatic heterocycles. The number of hydrogen-bond donors (Lipinski definition) is 1. The summed E-state index contributed by atoms with van der Waals surface area (Å²) >= 11 is 0. The van der Waals surface area contributed by atoms with Gasteiger partial charge in [0, 0.05) is 25.6 Å². The van der Waals surface area contributed by atoms with E-state index in [0.717, 1.165) is 35.7 Å². The molecule has 3 rings (SSSR count). The van der Waals surface area contributed by atoms with Crippen LogP contribution in [0, 0.1) is 0 Å². The van der Waals surface area contributed by atoms with E-state index in [9.17, 15) is 0 Å². The lowest BCUT2D eigenvalue weighted by atomic mass is 10.1. The molecule has 0 unspecified atom stereocenters. The van der Waals surface area contributed by atoms with E-state index in [1.54, 1.807) is 0 Å². The van der Waals surface area contributed by atoms with Gasteiger partial charge in [-0.25, -0.2) is 0 Å². The van der Waals surface area contributed by atoms with E-state index in [1.807, 2.05) is 29.9 Å². The molecule has 4 nitrogen and oxygen atoms in total. The lowest BCUT2D eigenvalue weighted by Gasteiger charge is -2.01. The number of fused-ring (bicyclic) bond motifs is 1. The Morgan fingerprint density at radius 1 is 1.41 bits per heavy atom. The summed E-state index contributed by atoms with van der Waals surface area (Å²) in [6, 6.07) is 8.27. The third-order valence-electron chi connectivity index (χ3n) is 3.17. The number of nitrogens with zero attached hydrogens (tertiary/aromatic N) is 2. The van der Waals surface area contributed by atoms with Gasteiger partial charge in [0.1, 0.15) is 5.75 Å². The zero-order chi connectivity index (χ0) is 11.8. The van der Waals surface area contributed by atoms with Crippen molar-refractivity contribution in [2.75, 3.05) is 6.61 Å². The van der Waals surface area contributed by atoms with Crippen LogP contribution in [0.4, 0.5) is 0 Å². The van der Waals surface area contributed by atoms with E-state index in [1.165, 1.54) is 5.56 Å². The van der Waals surface area contributed by atoms with Crippen LogP contribution in [0.2, 0.25) is 0 Å². The molecule has 0 saturated carbocycles. The van der Waals surface area contributed by atoms with Crippen LogP contribution >= 0.6 is 0 Å². The second-order valence-electron chi connectivity index (χ2n) is 4.27. The Hall–Kier alpha value is -1.81. The molecule has 88 valence electrons. The lowest BCUT2D eigenvalue weighted by molar-refractivity contribution is 0.357. The van der Waals surface area contributed by atoms with Gasteiger partial charge >= 0.3 is 0 Å². The van der Waals surface area contributed by atoms with Gasteiger partial charge in [0.2, 0.25) is 0 Å². The summed E-state index contributed by atoms with van der Waals surface area (Å²) < 4.78 is 7.33. The minimum atomic E-state index is 0.511. The number of ether oxygens (including phenoxy) is 1. The predicted molar refractivity (Wildman–Crippen MR) is 65.7 cm³/mol. The Balaban J connectivity index is 2.03. The molecule has 4 heteroatoms. The number of aromatic nitrogens is 2. The molecule has 0 aliphatic carbocycles. The van der Waals surface area contributed by atoms with Crippen LogP contribution in [0.5, 0.6) is 5.75 Å². The average Bonchev–Trinajstić information content (AvgIpc) is 2.93. The van der Waals surface area contributed by atoms with E-state index in [-0.39, 0.29) is 0 Å². The van der Waals surface area contributed by atoms with E-state index < -0.39 is 0 Å². The van der Waals surface area contributed by atoms with Crippen molar-refractivity contribution in [3.8, 4) is 17.0 Å². The molecular weight excluding hydrogens is 214 g/mol. The highest BCUT2D eigenvalue weighted by Gasteiger charge is 2.14. The molecule has 1 aliphatic rings. The zero-order valence-corrected chi connectivity index (χ0v) is 9.81. The normalized spacial score (nSPS) is 13.5. The van der Waals surface area contributed by atoms with Crippen molar-refractivity contribution in [2.24, 2.45) is 12.8 Å². The first-order valence-electron chi connectivity index (χ1n) is 5.77. The maximum Gasteiger partial charge on any atom is 0.122 e. The number of rotatable bonds is 2. The molecule has 0 amide bonds. The third-order valence-corrected chi connectivity index (χ3v) is 3.17.